The van der Waals surface area contributed by atoms with Gasteiger partial charge in [-0.2, -0.15) is 0 Å². The monoisotopic (exact) mass is 224 g/mol. The number of nitrogens with one attached hydrogen (secondary N) is 1. The molecular formula is C12H20N2O2. The van der Waals surface area contributed by atoms with Gasteiger partial charge >= 0.3 is 5.97 Å². The molecule has 16 heavy (non-hydrogen) atoms. The van der Waals surface area contributed by atoms with Crippen LogP contribution in [0.1, 0.15) is 19.4 Å². The molecule has 0 aliphatic heterocycles. The molecule has 0 unspecified atom stereocenters. The van der Waals surface area contributed by atoms with Crippen LogP contribution in [-0.2, 0) is 23.1 Å². The lowest BCUT2D eigenvalue weighted by molar-refractivity contribution is -0.150. The van der Waals surface area contributed by atoms with Gasteiger partial charge in [0, 0.05) is 32.5 Å². The van der Waals surface area contributed by atoms with Crippen LogP contribution in [0.15, 0.2) is 18.5 Å². The quantitative estimate of drug-likeness (QED) is 0.767. The molecule has 1 aromatic heterocycles. The Kier molecular flexibility index (Phi) is 4.12. The molecule has 90 valence electrons. The molecule has 0 fully saturated rings. The van der Waals surface area contributed by atoms with E-state index in [0.717, 1.165) is 6.54 Å². The highest BCUT2D eigenvalue weighted by atomic mass is 16.5. The minimum absolute atomic E-state index is 0.187. The molecule has 0 aliphatic rings. The number of hydrogen-bond donors (Lipinski definition) is 1. The molecule has 0 spiro atoms. The zero-order valence-electron chi connectivity index (χ0n) is 10.4. The van der Waals surface area contributed by atoms with Crippen LogP contribution in [0.4, 0.5) is 0 Å². The van der Waals surface area contributed by atoms with Gasteiger partial charge in [0.15, 0.2) is 0 Å². The number of carbonyl (C=O) groups excluding carboxylic acids is 1. The van der Waals surface area contributed by atoms with E-state index in [4.69, 9.17) is 4.74 Å². The van der Waals surface area contributed by atoms with Crippen molar-refractivity contribution in [3.05, 3.63) is 24.0 Å². The molecule has 0 atom stereocenters. The van der Waals surface area contributed by atoms with Gasteiger partial charge in [-0.15, -0.1) is 0 Å². The fourth-order valence-corrected chi connectivity index (χ4v) is 1.53. The van der Waals surface area contributed by atoms with Crippen LogP contribution >= 0.6 is 0 Å². The van der Waals surface area contributed by atoms with E-state index in [1.165, 1.54) is 12.7 Å². The SMILES string of the molecule is COC(=O)C(C)(C)CNCc1ccn(C)c1. The fourth-order valence-electron chi connectivity index (χ4n) is 1.53. The third kappa shape index (κ3) is 3.38. The van der Waals surface area contributed by atoms with Crippen molar-refractivity contribution in [2.75, 3.05) is 13.7 Å². The van der Waals surface area contributed by atoms with Crippen molar-refractivity contribution < 1.29 is 9.53 Å². The predicted octanol–water partition coefficient (Wildman–Crippen LogP) is 1.31. The van der Waals surface area contributed by atoms with Gasteiger partial charge in [-0.05, 0) is 25.5 Å². The highest BCUT2D eigenvalue weighted by Gasteiger charge is 2.27. The first kappa shape index (κ1) is 12.8. The zero-order chi connectivity index (χ0) is 12.2. The first-order valence-electron chi connectivity index (χ1n) is 5.36. The first-order chi connectivity index (χ1) is 7.45. The van der Waals surface area contributed by atoms with Crippen molar-refractivity contribution in [2.45, 2.75) is 20.4 Å². The van der Waals surface area contributed by atoms with Crippen LogP contribution in [0.25, 0.3) is 0 Å². The normalized spacial score (nSPS) is 11.5. The molecule has 0 radical (unpaired) electrons. The van der Waals surface area contributed by atoms with Gasteiger partial charge in [-0.25, -0.2) is 0 Å². The minimum Gasteiger partial charge on any atom is -0.469 e. The van der Waals surface area contributed by atoms with Gasteiger partial charge < -0.3 is 14.6 Å². The number of aryl methyl sites for hydroxylation is 1. The smallest absolute Gasteiger partial charge is 0.312 e. The highest BCUT2D eigenvalue weighted by molar-refractivity contribution is 5.76. The molecule has 4 nitrogen and oxygen atoms in total. The highest BCUT2D eigenvalue weighted by Crippen LogP contribution is 2.15. The molecule has 0 saturated heterocycles. The largest absolute Gasteiger partial charge is 0.469 e. The van der Waals surface area contributed by atoms with E-state index < -0.39 is 5.41 Å². The van der Waals surface area contributed by atoms with Crippen LogP contribution < -0.4 is 5.32 Å². The second-order valence-corrected chi connectivity index (χ2v) is 4.66. The lowest BCUT2D eigenvalue weighted by Crippen LogP contribution is -2.36. The standard InChI is InChI=1S/C12H20N2O2/c1-12(2,11(15)16-4)9-13-7-10-5-6-14(3)8-10/h5-6,8,13H,7,9H2,1-4H3. The Bertz CT molecular complexity index is 356. The molecule has 1 rings (SSSR count). The van der Waals surface area contributed by atoms with Crippen LogP contribution in [0.3, 0.4) is 0 Å². The maximum Gasteiger partial charge on any atom is 0.312 e. The zero-order valence-corrected chi connectivity index (χ0v) is 10.4. The summed E-state index contributed by atoms with van der Waals surface area (Å²) in [7, 11) is 3.41. The van der Waals surface area contributed by atoms with E-state index in [9.17, 15) is 4.79 Å². The molecule has 4 heteroatoms. The van der Waals surface area contributed by atoms with E-state index in [1.807, 2.05) is 31.7 Å². The van der Waals surface area contributed by atoms with Crippen molar-refractivity contribution in [1.82, 2.24) is 9.88 Å². The Morgan fingerprint density at radius 2 is 2.25 bits per heavy atom. The summed E-state index contributed by atoms with van der Waals surface area (Å²) in [6.45, 7) is 5.11. The first-order valence-corrected chi connectivity index (χ1v) is 5.36. The molecule has 0 aromatic carbocycles. The number of carbonyl (C=O) groups is 1. The Morgan fingerprint density at radius 3 is 2.75 bits per heavy atom. The number of rotatable bonds is 5. The number of hydrogen-bond acceptors (Lipinski definition) is 3. The van der Waals surface area contributed by atoms with Crippen molar-refractivity contribution >= 4 is 5.97 Å². The number of nitrogens with zero attached hydrogens (tertiary/aromatic N) is 1. The second kappa shape index (κ2) is 5.16. The third-order valence-electron chi connectivity index (χ3n) is 2.53. The summed E-state index contributed by atoms with van der Waals surface area (Å²) in [6.07, 6.45) is 4.06. The van der Waals surface area contributed by atoms with Crippen LogP contribution in [-0.4, -0.2) is 24.2 Å². The minimum atomic E-state index is -0.483. The molecular weight excluding hydrogens is 204 g/mol. The van der Waals surface area contributed by atoms with Gasteiger partial charge in [0.05, 0.1) is 12.5 Å². The van der Waals surface area contributed by atoms with Crippen molar-refractivity contribution in [2.24, 2.45) is 12.5 Å². The van der Waals surface area contributed by atoms with Gasteiger partial charge in [0.1, 0.15) is 0 Å². The summed E-state index contributed by atoms with van der Waals surface area (Å²) >= 11 is 0. The van der Waals surface area contributed by atoms with Crippen LogP contribution in [0.5, 0.6) is 0 Å². The summed E-state index contributed by atoms with van der Waals surface area (Å²) in [5, 5.41) is 3.26. The average Bonchev–Trinajstić information content (AvgIpc) is 2.62. The van der Waals surface area contributed by atoms with E-state index >= 15 is 0 Å². The Hall–Kier alpha value is -1.29. The summed E-state index contributed by atoms with van der Waals surface area (Å²) in [4.78, 5) is 11.4. The topological polar surface area (TPSA) is 43.3 Å². The van der Waals surface area contributed by atoms with Crippen molar-refractivity contribution in [3.8, 4) is 0 Å². The maximum atomic E-state index is 11.4. The number of methoxy groups -OCH3 is 1. The molecule has 0 aliphatic carbocycles. The summed E-state index contributed by atoms with van der Waals surface area (Å²) in [6, 6.07) is 2.05. The van der Waals surface area contributed by atoms with Crippen LogP contribution in [0.2, 0.25) is 0 Å². The molecule has 1 heterocycles. The van der Waals surface area contributed by atoms with Gasteiger partial charge in [0.25, 0.3) is 0 Å². The Morgan fingerprint density at radius 1 is 1.56 bits per heavy atom. The number of aromatic nitrogens is 1. The number of ether oxygens (including phenoxy) is 1. The summed E-state index contributed by atoms with van der Waals surface area (Å²) < 4.78 is 6.74. The van der Waals surface area contributed by atoms with Gasteiger partial charge in [-0.1, -0.05) is 0 Å². The Balaban J connectivity index is 2.38. The fraction of sp³-hybridized carbons (Fsp3) is 0.583. The summed E-state index contributed by atoms with van der Waals surface area (Å²) in [5.41, 5.74) is 0.729. The lowest BCUT2D eigenvalue weighted by Gasteiger charge is -2.21. The average molecular weight is 224 g/mol. The summed E-state index contributed by atoms with van der Waals surface area (Å²) in [5.74, 6) is -0.187. The molecule has 0 bridgehead atoms. The van der Waals surface area contributed by atoms with E-state index in [0.29, 0.717) is 6.54 Å². The number of esters is 1. The third-order valence-corrected chi connectivity index (χ3v) is 2.53. The van der Waals surface area contributed by atoms with E-state index in [2.05, 4.69) is 17.6 Å². The van der Waals surface area contributed by atoms with E-state index in [-0.39, 0.29) is 5.97 Å². The maximum absolute atomic E-state index is 11.4. The van der Waals surface area contributed by atoms with Gasteiger partial charge in [-0.3, -0.25) is 4.79 Å². The van der Waals surface area contributed by atoms with Crippen molar-refractivity contribution in [1.29, 1.82) is 0 Å². The Labute approximate surface area is 96.6 Å². The molecule has 1 N–H and O–H groups in total. The predicted molar refractivity (Wildman–Crippen MR) is 62.9 cm³/mol. The van der Waals surface area contributed by atoms with E-state index in [1.54, 1.807) is 0 Å². The molecule has 1 aromatic rings. The van der Waals surface area contributed by atoms with Crippen LogP contribution in [0, 0.1) is 5.41 Å². The lowest BCUT2D eigenvalue weighted by atomic mass is 9.94. The molecule has 0 amide bonds. The second-order valence-electron chi connectivity index (χ2n) is 4.66. The van der Waals surface area contributed by atoms with Crippen molar-refractivity contribution in [3.63, 3.8) is 0 Å². The molecule has 0 saturated carbocycles. The van der Waals surface area contributed by atoms with Gasteiger partial charge in [0.2, 0.25) is 0 Å².